The molecule has 0 aromatic carbocycles. The number of carboxylic acid groups (broad SMARTS) is 1. The summed E-state index contributed by atoms with van der Waals surface area (Å²) < 4.78 is 5.77. The third-order valence-electron chi connectivity index (χ3n) is 5.66. The molecule has 156 valence electrons. The van der Waals surface area contributed by atoms with Crippen molar-refractivity contribution in [3.05, 3.63) is 12.2 Å². The summed E-state index contributed by atoms with van der Waals surface area (Å²) >= 11 is 0. The molecular weight excluding hydrogens is 340 g/mol. The highest BCUT2D eigenvalue weighted by Crippen LogP contribution is 2.28. The minimum atomic E-state index is -0.902. The van der Waals surface area contributed by atoms with E-state index in [0.717, 1.165) is 12.8 Å². The van der Waals surface area contributed by atoms with E-state index < -0.39 is 17.8 Å². The van der Waals surface area contributed by atoms with Gasteiger partial charge in [-0.1, -0.05) is 84.3 Å². The molecule has 0 saturated heterocycles. The first kappa shape index (κ1) is 23.7. The average Bonchev–Trinajstić information content (AvgIpc) is 2.65. The van der Waals surface area contributed by atoms with E-state index in [-0.39, 0.29) is 18.0 Å². The van der Waals surface area contributed by atoms with Crippen LogP contribution in [0.4, 0.5) is 0 Å². The van der Waals surface area contributed by atoms with Crippen molar-refractivity contribution >= 4 is 11.9 Å². The topological polar surface area (TPSA) is 63.6 Å². The van der Waals surface area contributed by atoms with Crippen molar-refractivity contribution in [2.75, 3.05) is 0 Å². The molecule has 4 nitrogen and oxygen atoms in total. The van der Waals surface area contributed by atoms with Gasteiger partial charge in [-0.15, -0.1) is 0 Å². The average molecular weight is 381 g/mol. The Kier molecular flexibility index (Phi) is 12.1. The summed E-state index contributed by atoms with van der Waals surface area (Å²) in [5.74, 6) is -2.17. The van der Waals surface area contributed by atoms with Crippen LogP contribution in [0, 0.1) is 17.8 Å². The van der Waals surface area contributed by atoms with Crippen molar-refractivity contribution in [2.45, 2.75) is 104 Å². The van der Waals surface area contributed by atoms with Gasteiger partial charge in [-0.2, -0.15) is 0 Å². The Morgan fingerprint density at radius 1 is 0.926 bits per heavy atom. The second-order valence-corrected chi connectivity index (χ2v) is 8.33. The Morgan fingerprint density at radius 3 is 1.96 bits per heavy atom. The second kappa shape index (κ2) is 13.8. The predicted octanol–water partition coefficient (Wildman–Crippen LogP) is 6.14. The van der Waals surface area contributed by atoms with Gasteiger partial charge in [0.15, 0.2) is 0 Å². The van der Waals surface area contributed by atoms with Gasteiger partial charge in [0.25, 0.3) is 0 Å². The van der Waals surface area contributed by atoms with Crippen LogP contribution in [0.5, 0.6) is 0 Å². The van der Waals surface area contributed by atoms with Gasteiger partial charge < -0.3 is 9.84 Å². The van der Waals surface area contributed by atoms with Crippen LogP contribution in [0.15, 0.2) is 12.2 Å². The van der Waals surface area contributed by atoms with Crippen molar-refractivity contribution in [1.29, 1.82) is 0 Å². The van der Waals surface area contributed by atoms with Crippen LogP contribution in [-0.4, -0.2) is 23.1 Å². The van der Waals surface area contributed by atoms with Gasteiger partial charge in [-0.05, 0) is 31.6 Å². The molecule has 0 saturated carbocycles. The van der Waals surface area contributed by atoms with Crippen molar-refractivity contribution < 1.29 is 19.4 Å². The molecule has 0 aliphatic heterocycles. The molecule has 0 bridgehead atoms. The van der Waals surface area contributed by atoms with Crippen LogP contribution >= 0.6 is 0 Å². The minimum absolute atomic E-state index is 0.109. The maximum absolute atomic E-state index is 12.6. The molecule has 0 aromatic heterocycles. The molecule has 27 heavy (non-hydrogen) atoms. The van der Waals surface area contributed by atoms with Gasteiger partial charge in [0, 0.05) is 0 Å². The van der Waals surface area contributed by atoms with Crippen LogP contribution in [-0.2, 0) is 14.3 Å². The second-order valence-electron chi connectivity index (χ2n) is 8.33. The third-order valence-corrected chi connectivity index (χ3v) is 5.66. The Morgan fingerprint density at radius 2 is 1.44 bits per heavy atom. The lowest BCUT2D eigenvalue weighted by Crippen LogP contribution is -2.35. The summed E-state index contributed by atoms with van der Waals surface area (Å²) in [6, 6.07) is 0. The number of carboxylic acids is 1. The smallest absolute Gasteiger partial charge is 0.310 e. The zero-order valence-corrected chi connectivity index (χ0v) is 17.6. The molecule has 0 amide bonds. The molecule has 0 aromatic rings. The van der Waals surface area contributed by atoms with Crippen LogP contribution in [0.2, 0.25) is 0 Å². The molecule has 1 N–H and O–H groups in total. The zero-order chi connectivity index (χ0) is 20.1. The first-order chi connectivity index (χ1) is 13.0. The molecule has 3 unspecified atom stereocenters. The molecule has 0 radical (unpaired) electrons. The lowest BCUT2D eigenvalue weighted by molar-refractivity contribution is -0.164. The van der Waals surface area contributed by atoms with Gasteiger partial charge in [-0.3, -0.25) is 9.59 Å². The fourth-order valence-corrected chi connectivity index (χ4v) is 3.77. The highest BCUT2D eigenvalue weighted by molar-refractivity contribution is 5.81. The molecule has 3 atom stereocenters. The highest BCUT2D eigenvalue weighted by atomic mass is 16.5. The summed E-state index contributed by atoms with van der Waals surface area (Å²) in [7, 11) is 0. The first-order valence-corrected chi connectivity index (χ1v) is 11.1. The van der Waals surface area contributed by atoms with Crippen molar-refractivity contribution in [3.63, 3.8) is 0 Å². The van der Waals surface area contributed by atoms with Crippen LogP contribution in [0.3, 0.4) is 0 Å². The zero-order valence-electron chi connectivity index (χ0n) is 17.6. The van der Waals surface area contributed by atoms with Crippen LogP contribution in [0.25, 0.3) is 0 Å². The SMILES string of the molecule is CCCCCCCCCCCC(OC(=O)C1CC=CCC1C(=O)O)C(C)C. The number of hydrogen-bond donors (Lipinski definition) is 1. The Labute approximate surface area is 165 Å². The largest absolute Gasteiger partial charge is 0.481 e. The Balaban J connectivity index is 2.31. The monoisotopic (exact) mass is 380 g/mol. The molecule has 1 rings (SSSR count). The summed E-state index contributed by atoms with van der Waals surface area (Å²) in [5, 5.41) is 9.35. The number of carbonyl (C=O) groups excluding carboxylic acids is 1. The van der Waals surface area contributed by atoms with Crippen LogP contribution in [0.1, 0.15) is 97.8 Å². The van der Waals surface area contributed by atoms with E-state index in [9.17, 15) is 14.7 Å². The number of aliphatic carboxylic acids is 1. The number of ether oxygens (including phenoxy) is 1. The Hall–Kier alpha value is -1.32. The molecule has 1 aliphatic carbocycles. The summed E-state index contributed by atoms with van der Waals surface area (Å²) in [6.45, 7) is 6.38. The van der Waals surface area contributed by atoms with E-state index in [4.69, 9.17) is 4.74 Å². The molecule has 0 heterocycles. The summed E-state index contributed by atoms with van der Waals surface area (Å²) in [4.78, 5) is 24.0. The number of unbranched alkanes of at least 4 members (excludes halogenated alkanes) is 8. The number of hydrogen-bond acceptors (Lipinski definition) is 3. The standard InChI is InChI=1S/C23H40O4/c1-4-5-6-7-8-9-10-11-12-17-21(18(2)3)27-23(26)20-16-14-13-15-19(20)22(24)25/h13-14,18-21H,4-12,15-17H2,1-3H3,(H,24,25). The predicted molar refractivity (Wildman–Crippen MR) is 110 cm³/mol. The van der Waals surface area contributed by atoms with E-state index in [2.05, 4.69) is 20.8 Å². The quantitative estimate of drug-likeness (QED) is 0.223. The van der Waals surface area contributed by atoms with E-state index in [1.165, 1.54) is 51.4 Å². The van der Waals surface area contributed by atoms with Crippen LogP contribution < -0.4 is 0 Å². The lowest BCUT2D eigenvalue weighted by atomic mass is 9.83. The van der Waals surface area contributed by atoms with Crippen molar-refractivity contribution in [2.24, 2.45) is 17.8 Å². The molecule has 4 heteroatoms. The highest BCUT2D eigenvalue weighted by Gasteiger charge is 2.36. The molecule has 1 aliphatic rings. The van der Waals surface area contributed by atoms with Crippen molar-refractivity contribution in [1.82, 2.24) is 0 Å². The maximum atomic E-state index is 12.6. The molecule has 0 spiro atoms. The van der Waals surface area contributed by atoms with Gasteiger partial charge in [0.05, 0.1) is 11.8 Å². The van der Waals surface area contributed by atoms with E-state index in [1.54, 1.807) is 0 Å². The van der Waals surface area contributed by atoms with E-state index >= 15 is 0 Å². The van der Waals surface area contributed by atoms with E-state index in [0.29, 0.717) is 12.8 Å². The first-order valence-electron chi connectivity index (χ1n) is 11.1. The summed E-state index contributed by atoms with van der Waals surface area (Å²) in [5.41, 5.74) is 0. The van der Waals surface area contributed by atoms with E-state index in [1.807, 2.05) is 12.2 Å². The Bertz CT molecular complexity index is 455. The number of carbonyl (C=O) groups is 2. The van der Waals surface area contributed by atoms with Gasteiger partial charge in [0.2, 0.25) is 0 Å². The van der Waals surface area contributed by atoms with Crippen molar-refractivity contribution in [3.8, 4) is 0 Å². The maximum Gasteiger partial charge on any atom is 0.310 e. The fraction of sp³-hybridized carbons (Fsp3) is 0.826. The molecule has 0 fully saturated rings. The normalized spacial score (nSPS) is 20.6. The minimum Gasteiger partial charge on any atom is -0.481 e. The lowest BCUT2D eigenvalue weighted by Gasteiger charge is -2.28. The third kappa shape index (κ3) is 9.44. The number of allylic oxidation sites excluding steroid dienone is 2. The van der Waals surface area contributed by atoms with Gasteiger partial charge >= 0.3 is 11.9 Å². The molecular formula is C23H40O4. The number of esters is 1. The fourth-order valence-electron chi connectivity index (χ4n) is 3.77. The number of rotatable bonds is 14. The van der Waals surface area contributed by atoms with Gasteiger partial charge in [0.1, 0.15) is 6.10 Å². The van der Waals surface area contributed by atoms with Gasteiger partial charge in [-0.25, -0.2) is 0 Å². The summed E-state index contributed by atoms with van der Waals surface area (Å²) in [6.07, 6.45) is 16.9.